The van der Waals surface area contributed by atoms with E-state index in [0.29, 0.717) is 12.3 Å². The number of rotatable bonds is 5. The van der Waals surface area contributed by atoms with E-state index in [2.05, 4.69) is 9.47 Å². The number of thioether (sulfide) groups is 1. The van der Waals surface area contributed by atoms with E-state index in [1.54, 1.807) is 13.8 Å². The molecule has 0 rings (SSSR count). The molecule has 2 N–H and O–H groups in total. The molecular formula is C8H15NO4S. The summed E-state index contributed by atoms with van der Waals surface area (Å²) in [4.78, 5) is 21.7. The monoisotopic (exact) mass is 221 g/mol. The van der Waals surface area contributed by atoms with Crippen molar-refractivity contribution in [1.29, 1.82) is 0 Å². The Balaban J connectivity index is 3.44. The second-order valence-electron chi connectivity index (χ2n) is 2.77. The van der Waals surface area contributed by atoms with Crippen LogP contribution in [0.3, 0.4) is 0 Å². The maximum atomic E-state index is 10.9. The third-order valence-electron chi connectivity index (χ3n) is 1.19. The second-order valence-corrected chi connectivity index (χ2v) is 3.80. The van der Waals surface area contributed by atoms with Crippen molar-refractivity contribution in [3.05, 3.63) is 0 Å². The predicted octanol–water partition coefficient (Wildman–Crippen LogP) is 0.972. The minimum Gasteiger partial charge on any atom is -0.428 e. The SMILES string of the molecule is CC(C)C(=O)OCOC(=O)SCCN. The van der Waals surface area contributed by atoms with E-state index < -0.39 is 5.30 Å². The summed E-state index contributed by atoms with van der Waals surface area (Å²) in [5.74, 6) is -0.108. The molecule has 82 valence electrons. The Labute approximate surface area is 87.3 Å². The molecule has 0 aliphatic rings. The number of ether oxygens (including phenoxy) is 2. The fourth-order valence-corrected chi connectivity index (χ4v) is 0.902. The van der Waals surface area contributed by atoms with Gasteiger partial charge < -0.3 is 15.2 Å². The van der Waals surface area contributed by atoms with Gasteiger partial charge in [0.15, 0.2) is 0 Å². The summed E-state index contributed by atoms with van der Waals surface area (Å²) in [7, 11) is 0. The molecule has 5 nitrogen and oxygen atoms in total. The highest BCUT2D eigenvalue weighted by Gasteiger charge is 2.09. The van der Waals surface area contributed by atoms with Crippen LogP contribution in [0.25, 0.3) is 0 Å². The lowest BCUT2D eigenvalue weighted by atomic mass is 10.2. The number of hydrogen-bond donors (Lipinski definition) is 1. The quantitative estimate of drug-likeness (QED) is 0.550. The van der Waals surface area contributed by atoms with E-state index in [1.807, 2.05) is 0 Å². The van der Waals surface area contributed by atoms with Gasteiger partial charge in [-0.2, -0.15) is 0 Å². The molecular weight excluding hydrogens is 206 g/mol. The summed E-state index contributed by atoms with van der Waals surface area (Å²) >= 11 is 0.959. The van der Waals surface area contributed by atoms with E-state index in [0.717, 1.165) is 11.8 Å². The number of esters is 1. The van der Waals surface area contributed by atoms with E-state index >= 15 is 0 Å². The molecule has 0 spiro atoms. The molecule has 0 bridgehead atoms. The molecule has 0 aliphatic heterocycles. The number of carbonyl (C=O) groups excluding carboxylic acids is 2. The van der Waals surface area contributed by atoms with Crippen LogP contribution in [0, 0.1) is 5.92 Å². The molecule has 0 unspecified atom stereocenters. The van der Waals surface area contributed by atoms with Gasteiger partial charge in [-0.15, -0.1) is 0 Å². The highest BCUT2D eigenvalue weighted by Crippen LogP contribution is 2.04. The average molecular weight is 221 g/mol. The lowest BCUT2D eigenvalue weighted by Gasteiger charge is -2.06. The largest absolute Gasteiger partial charge is 0.428 e. The molecule has 0 aromatic carbocycles. The lowest BCUT2D eigenvalue weighted by Crippen LogP contribution is -2.15. The van der Waals surface area contributed by atoms with Gasteiger partial charge in [-0.1, -0.05) is 13.8 Å². The Kier molecular flexibility index (Phi) is 7.23. The Morgan fingerprint density at radius 1 is 1.36 bits per heavy atom. The van der Waals surface area contributed by atoms with Crippen LogP contribution in [-0.2, 0) is 14.3 Å². The Morgan fingerprint density at radius 3 is 2.50 bits per heavy atom. The van der Waals surface area contributed by atoms with Gasteiger partial charge in [0.2, 0.25) is 6.79 Å². The van der Waals surface area contributed by atoms with Crippen molar-refractivity contribution >= 4 is 23.0 Å². The van der Waals surface area contributed by atoms with Crippen LogP contribution in [-0.4, -0.2) is 30.4 Å². The van der Waals surface area contributed by atoms with Crippen LogP contribution in [0.2, 0.25) is 0 Å². The topological polar surface area (TPSA) is 78.6 Å². The fourth-order valence-electron chi connectivity index (χ4n) is 0.486. The molecule has 0 saturated carbocycles. The summed E-state index contributed by atoms with van der Waals surface area (Å²) in [6.07, 6.45) is 0. The molecule has 0 saturated heterocycles. The molecule has 0 heterocycles. The van der Waals surface area contributed by atoms with Crippen molar-refractivity contribution in [1.82, 2.24) is 0 Å². The molecule has 0 aromatic heterocycles. The smallest absolute Gasteiger partial charge is 0.370 e. The molecule has 0 radical (unpaired) electrons. The first kappa shape index (κ1) is 13.2. The van der Waals surface area contributed by atoms with Gasteiger partial charge >= 0.3 is 11.3 Å². The van der Waals surface area contributed by atoms with Crippen LogP contribution >= 0.6 is 11.8 Å². The summed E-state index contributed by atoms with van der Waals surface area (Å²) in [6, 6.07) is 0. The molecule has 14 heavy (non-hydrogen) atoms. The number of hydrogen-bond acceptors (Lipinski definition) is 6. The fraction of sp³-hybridized carbons (Fsp3) is 0.750. The summed E-state index contributed by atoms with van der Waals surface area (Å²) in [5, 5.41) is -0.480. The second kappa shape index (κ2) is 7.64. The summed E-state index contributed by atoms with van der Waals surface area (Å²) in [5.41, 5.74) is 5.18. The van der Waals surface area contributed by atoms with Crippen molar-refractivity contribution in [2.24, 2.45) is 11.7 Å². The zero-order chi connectivity index (χ0) is 11.0. The predicted molar refractivity (Wildman–Crippen MR) is 53.8 cm³/mol. The van der Waals surface area contributed by atoms with Crippen molar-refractivity contribution in [2.45, 2.75) is 13.8 Å². The Hall–Kier alpha value is -0.750. The van der Waals surface area contributed by atoms with E-state index in [4.69, 9.17) is 5.73 Å². The highest BCUT2D eigenvalue weighted by atomic mass is 32.2. The first-order valence-electron chi connectivity index (χ1n) is 4.24. The first-order chi connectivity index (χ1) is 6.57. The van der Waals surface area contributed by atoms with Gasteiger partial charge in [0.1, 0.15) is 0 Å². The van der Waals surface area contributed by atoms with Crippen LogP contribution in [0.5, 0.6) is 0 Å². The van der Waals surface area contributed by atoms with Gasteiger partial charge in [-0.25, -0.2) is 4.79 Å². The van der Waals surface area contributed by atoms with E-state index in [9.17, 15) is 9.59 Å². The molecule has 0 atom stereocenters. The molecule has 0 aromatic rings. The molecule has 0 aliphatic carbocycles. The van der Waals surface area contributed by atoms with Crippen LogP contribution in [0.15, 0.2) is 0 Å². The number of nitrogens with two attached hydrogens (primary N) is 1. The summed E-state index contributed by atoms with van der Waals surface area (Å²) in [6.45, 7) is 3.49. The summed E-state index contributed by atoms with van der Waals surface area (Å²) < 4.78 is 9.22. The molecule has 6 heteroatoms. The minimum atomic E-state index is -0.480. The highest BCUT2D eigenvalue weighted by molar-refractivity contribution is 8.13. The Morgan fingerprint density at radius 2 is 2.00 bits per heavy atom. The third kappa shape index (κ3) is 6.73. The van der Waals surface area contributed by atoms with E-state index in [1.165, 1.54) is 0 Å². The van der Waals surface area contributed by atoms with Crippen molar-refractivity contribution in [3.8, 4) is 0 Å². The van der Waals surface area contributed by atoms with E-state index in [-0.39, 0.29) is 18.7 Å². The first-order valence-corrected chi connectivity index (χ1v) is 5.22. The lowest BCUT2D eigenvalue weighted by molar-refractivity contribution is -0.155. The maximum Gasteiger partial charge on any atom is 0.370 e. The van der Waals surface area contributed by atoms with Crippen LogP contribution in [0.1, 0.15) is 13.8 Å². The van der Waals surface area contributed by atoms with Gasteiger partial charge in [-0.05, 0) is 11.8 Å². The zero-order valence-corrected chi connectivity index (χ0v) is 9.13. The van der Waals surface area contributed by atoms with Crippen molar-refractivity contribution in [2.75, 3.05) is 19.1 Å². The third-order valence-corrected chi connectivity index (χ3v) is 1.98. The molecule has 0 fully saturated rings. The maximum absolute atomic E-state index is 10.9. The zero-order valence-electron chi connectivity index (χ0n) is 8.32. The van der Waals surface area contributed by atoms with Gasteiger partial charge in [0.05, 0.1) is 5.92 Å². The number of carbonyl (C=O) groups is 2. The average Bonchev–Trinajstić information content (AvgIpc) is 2.14. The Bertz CT molecular complexity index is 196. The van der Waals surface area contributed by atoms with Gasteiger partial charge in [-0.3, -0.25) is 4.79 Å². The van der Waals surface area contributed by atoms with Gasteiger partial charge in [0, 0.05) is 12.3 Å². The molecule has 0 amide bonds. The minimum absolute atomic E-state index is 0.217. The van der Waals surface area contributed by atoms with Crippen molar-refractivity contribution in [3.63, 3.8) is 0 Å². The van der Waals surface area contributed by atoms with Crippen LogP contribution < -0.4 is 5.73 Å². The van der Waals surface area contributed by atoms with Crippen LogP contribution in [0.4, 0.5) is 4.79 Å². The normalized spacial score (nSPS) is 10.0. The van der Waals surface area contributed by atoms with Crippen molar-refractivity contribution < 1.29 is 19.1 Å². The standard InChI is InChI=1S/C8H15NO4S/c1-6(2)7(10)12-5-13-8(11)14-4-3-9/h6H,3-5,9H2,1-2H3. The van der Waals surface area contributed by atoms with Gasteiger partial charge in [0.25, 0.3) is 0 Å².